The smallest absolute Gasteiger partial charge is 0.413 e. The maximum Gasteiger partial charge on any atom is 0.413 e. The van der Waals surface area contributed by atoms with Gasteiger partial charge in [-0.1, -0.05) is 30.3 Å². The van der Waals surface area contributed by atoms with Gasteiger partial charge in [0.25, 0.3) is 0 Å². The number of hydrogen-bond donors (Lipinski definition) is 3. The minimum absolute atomic E-state index is 0.00163. The van der Waals surface area contributed by atoms with Gasteiger partial charge in [-0.05, 0) is 94.7 Å². The second kappa shape index (κ2) is 20.2. The van der Waals surface area contributed by atoms with E-state index in [0.717, 1.165) is 17.0 Å². The zero-order valence-corrected chi connectivity index (χ0v) is 40.0. The van der Waals surface area contributed by atoms with Crippen LogP contribution in [-0.4, -0.2) is 114 Å². The predicted octanol–water partition coefficient (Wildman–Crippen LogP) is 7.10. The molecule has 0 saturated heterocycles. The van der Waals surface area contributed by atoms with Crippen LogP contribution in [-0.2, 0) is 64.8 Å². The van der Waals surface area contributed by atoms with Gasteiger partial charge in [-0.2, -0.15) is 15.3 Å². The molecule has 3 aromatic heterocycles. The Kier molecular flexibility index (Phi) is 15.3. The van der Waals surface area contributed by atoms with Crippen molar-refractivity contribution in [3.05, 3.63) is 76.9 Å². The van der Waals surface area contributed by atoms with Crippen LogP contribution in [0.2, 0.25) is 0 Å². The topological polar surface area (TPSA) is 244 Å². The Balaban J connectivity index is 0.000000192. The minimum atomic E-state index is -1.07. The fraction of sp³-hybridized carbons (Fsp3) is 0.556. The third-order valence-electron chi connectivity index (χ3n) is 10.1. The van der Waals surface area contributed by atoms with Crippen LogP contribution in [0.15, 0.2) is 48.5 Å². The van der Waals surface area contributed by atoms with E-state index in [9.17, 15) is 24.0 Å². The van der Waals surface area contributed by atoms with Crippen molar-refractivity contribution in [1.82, 2.24) is 44.0 Å². The summed E-state index contributed by atoms with van der Waals surface area (Å²) >= 11 is 0. The first kappa shape index (κ1) is 50.2. The van der Waals surface area contributed by atoms with Crippen LogP contribution >= 0.6 is 0 Å². The van der Waals surface area contributed by atoms with Crippen molar-refractivity contribution in [3.8, 4) is 0 Å². The highest BCUT2D eigenvalue weighted by molar-refractivity contribution is 5.85. The number of amides is 4. The molecule has 0 fully saturated rings. The Labute approximate surface area is 385 Å². The number of benzene rings is 1. The van der Waals surface area contributed by atoms with Crippen molar-refractivity contribution in [2.24, 2.45) is 0 Å². The van der Waals surface area contributed by atoms with E-state index in [-0.39, 0.29) is 42.6 Å². The Morgan fingerprint density at radius 3 is 1.48 bits per heavy atom. The fourth-order valence-electron chi connectivity index (χ4n) is 7.01. The fourth-order valence-corrected chi connectivity index (χ4v) is 7.01. The van der Waals surface area contributed by atoms with E-state index in [1.165, 1.54) is 6.07 Å². The average molecular weight is 920 g/mol. The lowest BCUT2D eigenvalue weighted by Gasteiger charge is -2.35. The highest BCUT2D eigenvalue weighted by Gasteiger charge is 2.34. The Hall–Kier alpha value is -6.80. The van der Waals surface area contributed by atoms with Crippen LogP contribution < -0.4 is 11.1 Å². The van der Waals surface area contributed by atoms with Crippen molar-refractivity contribution in [3.63, 3.8) is 0 Å². The molecule has 0 bridgehead atoms. The van der Waals surface area contributed by atoms with Crippen LogP contribution in [0.1, 0.15) is 116 Å². The first-order chi connectivity index (χ1) is 30.6. The molecule has 4 amide bonds. The largest absolute Gasteiger partial charge is 0.476 e. The number of nitrogens with two attached hydrogens (primary N) is 1. The van der Waals surface area contributed by atoms with Crippen molar-refractivity contribution in [2.45, 2.75) is 164 Å². The van der Waals surface area contributed by atoms with Crippen molar-refractivity contribution >= 4 is 42.0 Å². The lowest BCUT2D eigenvalue weighted by Crippen LogP contribution is -2.46. The van der Waals surface area contributed by atoms with Crippen molar-refractivity contribution in [1.29, 1.82) is 0 Å². The van der Waals surface area contributed by atoms with Gasteiger partial charge in [0, 0.05) is 12.1 Å². The number of carbonyl (C=O) groups excluding carboxylic acids is 4. The van der Waals surface area contributed by atoms with E-state index in [2.05, 4.69) is 20.6 Å². The monoisotopic (exact) mass is 919 g/mol. The lowest BCUT2D eigenvalue weighted by molar-refractivity contribution is 0.00803. The maximum absolute atomic E-state index is 12.4. The van der Waals surface area contributed by atoms with E-state index in [1.54, 1.807) is 36.2 Å². The lowest BCUT2D eigenvalue weighted by atomic mass is 10.2. The predicted molar refractivity (Wildman–Crippen MR) is 242 cm³/mol. The number of carboxylic acid groups (broad SMARTS) is 1. The number of carboxylic acids is 1. The Morgan fingerprint density at radius 1 is 0.636 bits per heavy atom. The summed E-state index contributed by atoms with van der Waals surface area (Å²) in [4.78, 5) is 64.6. The molecule has 6 heterocycles. The summed E-state index contributed by atoms with van der Waals surface area (Å²) in [6.07, 6.45) is -1.61. The number of aromatic carboxylic acids is 1. The number of nitrogens with zero attached hydrogens (tertiary/aromatic N) is 9. The number of carbonyl (C=O) groups is 5. The van der Waals surface area contributed by atoms with Gasteiger partial charge < -0.3 is 29.8 Å². The van der Waals surface area contributed by atoms with Crippen molar-refractivity contribution < 1.29 is 48.0 Å². The van der Waals surface area contributed by atoms with Crippen LogP contribution in [0.3, 0.4) is 0 Å². The number of anilines is 2. The molecule has 3 aliphatic rings. The second-order valence-electron chi connectivity index (χ2n) is 19.5. The van der Waals surface area contributed by atoms with Crippen molar-refractivity contribution in [2.75, 3.05) is 11.1 Å². The third-order valence-corrected chi connectivity index (χ3v) is 10.1. The van der Waals surface area contributed by atoms with E-state index >= 15 is 0 Å². The number of aromatic nitrogens is 6. The van der Waals surface area contributed by atoms with Crippen LogP contribution in [0, 0.1) is 0 Å². The molecule has 3 unspecified atom stereocenters. The molecule has 1 aromatic carbocycles. The Morgan fingerprint density at radius 2 is 1.05 bits per heavy atom. The Bertz CT molecular complexity index is 2350. The van der Waals surface area contributed by atoms with Gasteiger partial charge in [-0.25, -0.2) is 24.0 Å². The first-order valence-electron chi connectivity index (χ1n) is 21.8. The molecule has 21 heteroatoms. The van der Waals surface area contributed by atoms with Crippen LogP contribution in [0.5, 0.6) is 0 Å². The number of hydrogen-bond acceptors (Lipinski definition) is 13. The third kappa shape index (κ3) is 14.1. The summed E-state index contributed by atoms with van der Waals surface area (Å²) in [6, 6.07) is 14.4. The van der Waals surface area contributed by atoms with Gasteiger partial charge in [0.1, 0.15) is 29.2 Å². The van der Waals surface area contributed by atoms with Gasteiger partial charge in [-0.3, -0.25) is 34.1 Å². The quantitative estimate of drug-likeness (QED) is 0.173. The molecule has 0 aliphatic carbocycles. The molecule has 7 rings (SSSR count). The SMILES string of the molecule is CC1Cn2nc(C(=O)O)cc2CN1C(=O)OC(C)(C)C.CC1Cn2nc(N)cc2CN1C(=O)OC(C)(C)C.CC1Cn2nc(NC(=O)OCc3ccccc3)cc2CN1C(=O)OC(C)(C)C. The number of fused-ring (bicyclic) bond motifs is 3. The summed E-state index contributed by atoms with van der Waals surface area (Å²) in [7, 11) is 0. The molecule has 360 valence electrons. The average Bonchev–Trinajstić information content (AvgIpc) is 3.89. The molecule has 4 aromatic rings. The molecule has 21 nitrogen and oxygen atoms in total. The first-order valence-corrected chi connectivity index (χ1v) is 21.8. The summed E-state index contributed by atoms with van der Waals surface area (Å²) in [6.45, 7) is 25.3. The van der Waals surface area contributed by atoms with E-state index < -0.39 is 35.0 Å². The molecule has 4 N–H and O–H groups in total. The van der Waals surface area contributed by atoms with Gasteiger partial charge in [0.05, 0.1) is 74.5 Å². The molecule has 0 spiro atoms. The van der Waals surface area contributed by atoms with Gasteiger partial charge in [0.15, 0.2) is 11.5 Å². The van der Waals surface area contributed by atoms with E-state index in [1.807, 2.05) is 118 Å². The summed E-state index contributed by atoms with van der Waals surface area (Å²) in [5.74, 6) is -0.182. The van der Waals surface area contributed by atoms with Gasteiger partial charge >= 0.3 is 30.3 Å². The maximum atomic E-state index is 12.4. The molecule has 3 atom stereocenters. The number of nitrogen functional groups attached to an aromatic ring is 1. The summed E-state index contributed by atoms with van der Waals surface area (Å²) < 4.78 is 26.7. The summed E-state index contributed by atoms with van der Waals surface area (Å²) in [5, 5.41) is 24.2. The van der Waals surface area contributed by atoms with Crippen LogP contribution in [0.25, 0.3) is 0 Å². The normalized spacial score (nSPS) is 17.9. The molecule has 66 heavy (non-hydrogen) atoms. The number of nitrogens with one attached hydrogen (secondary N) is 1. The van der Waals surface area contributed by atoms with Crippen LogP contribution in [0.4, 0.5) is 30.8 Å². The molecule has 3 aliphatic heterocycles. The second-order valence-corrected chi connectivity index (χ2v) is 19.5. The molecule has 0 radical (unpaired) electrons. The highest BCUT2D eigenvalue weighted by atomic mass is 16.6. The zero-order valence-electron chi connectivity index (χ0n) is 40.0. The number of ether oxygens (including phenoxy) is 4. The highest BCUT2D eigenvalue weighted by Crippen LogP contribution is 2.25. The van der Waals surface area contributed by atoms with Gasteiger partial charge in [-0.15, -0.1) is 0 Å². The molecular formula is C45H65N11O10. The zero-order chi connectivity index (χ0) is 48.9. The van der Waals surface area contributed by atoms with E-state index in [4.69, 9.17) is 29.8 Å². The van der Waals surface area contributed by atoms with E-state index in [0.29, 0.717) is 56.6 Å². The summed E-state index contributed by atoms with van der Waals surface area (Å²) in [5.41, 5.74) is 7.44. The standard InChI is InChI=1S/C20H26N4O4.C13H19N3O4.C12H20N4O2/c1-14-11-24-16(12-23(14)19(26)28-20(2,3)4)10-17(22-24)21-18(25)27-13-15-8-6-5-7-9-15;1-8-6-16-9(5-10(14-16)11(17)18)7-15(8)12(19)20-13(2,3)4;1-8-6-16-9(5-10(13)14-16)7-15(8)11(17)18-12(2,3)4/h5-10,14H,11-13H2,1-4H3,(H,21,22,25);5,8H,6-7H2,1-4H3,(H,17,18);5,8H,6-7H2,1-4H3,(H2,13,14). The van der Waals surface area contributed by atoms with Gasteiger partial charge in [0.2, 0.25) is 0 Å². The number of rotatable bonds is 4. The minimum Gasteiger partial charge on any atom is -0.476 e. The molecular weight excluding hydrogens is 855 g/mol. The molecule has 0 saturated carbocycles.